The highest BCUT2D eigenvalue weighted by Gasteiger charge is 2.09. The Hall–Kier alpha value is -2.98. The number of ether oxygens (including phenoxy) is 1. The van der Waals surface area contributed by atoms with Crippen LogP contribution in [0.25, 0.3) is 0 Å². The Balaban J connectivity index is 1.60. The van der Waals surface area contributed by atoms with Crippen LogP contribution in [0.15, 0.2) is 72.8 Å². The van der Waals surface area contributed by atoms with Gasteiger partial charge in [-0.05, 0) is 42.3 Å². The van der Waals surface area contributed by atoms with Crippen molar-refractivity contribution in [3.8, 4) is 5.75 Å². The van der Waals surface area contributed by atoms with Crippen molar-refractivity contribution in [3.63, 3.8) is 0 Å². The molecule has 3 rings (SSSR count). The molecule has 0 aromatic heterocycles. The van der Waals surface area contributed by atoms with Crippen molar-refractivity contribution in [2.75, 3.05) is 17.2 Å². The van der Waals surface area contributed by atoms with E-state index in [4.69, 9.17) is 16.3 Å². The molecule has 4 nitrogen and oxygen atoms in total. The number of anilines is 2. The van der Waals surface area contributed by atoms with E-state index in [0.29, 0.717) is 23.1 Å². The second kappa shape index (κ2) is 9.10. The first-order valence-electron chi connectivity index (χ1n) is 8.67. The van der Waals surface area contributed by atoms with Crippen LogP contribution in [0.1, 0.15) is 11.1 Å². The number of amides is 1. The van der Waals surface area contributed by atoms with Crippen LogP contribution in [0.3, 0.4) is 0 Å². The van der Waals surface area contributed by atoms with Gasteiger partial charge in [-0.15, -0.1) is 0 Å². The van der Waals surface area contributed by atoms with Crippen LogP contribution in [0, 0.1) is 6.92 Å². The lowest BCUT2D eigenvalue weighted by Crippen LogP contribution is -2.22. The Bertz CT molecular complexity index is 913. The summed E-state index contributed by atoms with van der Waals surface area (Å²) in [5.41, 5.74) is 3.57. The predicted octanol–water partition coefficient (Wildman–Crippen LogP) is 5.28. The van der Waals surface area contributed by atoms with Crippen LogP contribution in [-0.2, 0) is 11.4 Å². The lowest BCUT2D eigenvalue weighted by molar-refractivity contribution is -0.114. The maximum atomic E-state index is 12.3. The zero-order chi connectivity index (χ0) is 19.1. The van der Waals surface area contributed by atoms with Crippen LogP contribution in [0.5, 0.6) is 5.75 Å². The number of para-hydroxylation sites is 2. The van der Waals surface area contributed by atoms with Crippen LogP contribution in [0.2, 0.25) is 5.02 Å². The molecule has 2 N–H and O–H groups in total. The molecule has 0 aliphatic rings. The molecule has 0 bridgehead atoms. The highest BCUT2D eigenvalue weighted by Crippen LogP contribution is 2.25. The van der Waals surface area contributed by atoms with Gasteiger partial charge in [0.25, 0.3) is 0 Å². The monoisotopic (exact) mass is 380 g/mol. The summed E-state index contributed by atoms with van der Waals surface area (Å²) in [6.45, 7) is 2.53. The fourth-order valence-electron chi connectivity index (χ4n) is 2.59. The maximum Gasteiger partial charge on any atom is 0.243 e. The standard InChI is InChI=1S/C22H21ClN2O2/c1-16-11-12-18(23)13-20(16)24-14-22(26)25-19-9-5-6-10-21(19)27-15-17-7-3-2-4-8-17/h2-13,24H,14-15H2,1H3,(H,25,26). The zero-order valence-corrected chi connectivity index (χ0v) is 15.8. The first-order valence-corrected chi connectivity index (χ1v) is 9.05. The van der Waals surface area contributed by atoms with Crippen molar-refractivity contribution >= 4 is 28.9 Å². The summed E-state index contributed by atoms with van der Waals surface area (Å²) in [5.74, 6) is 0.471. The molecule has 3 aromatic rings. The smallest absolute Gasteiger partial charge is 0.243 e. The van der Waals surface area contributed by atoms with Gasteiger partial charge in [0.15, 0.2) is 0 Å². The molecule has 0 aliphatic carbocycles. The van der Waals surface area contributed by atoms with Crippen LogP contribution in [0.4, 0.5) is 11.4 Å². The van der Waals surface area contributed by atoms with E-state index in [9.17, 15) is 4.79 Å². The van der Waals surface area contributed by atoms with Gasteiger partial charge in [0.2, 0.25) is 5.91 Å². The number of nitrogens with one attached hydrogen (secondary N) is 2. The van der Waals surface area contributed by atoms with Gasteiger partial charge >= 0.3 is 0 Å². The van der Waals surface area contributed by atoms with Crippen molar-refractivity contribution in [1.82, 2.24) is 0 Å². The lowest BCUT2D eigenvalue weighted by atomic mass is 10.2. The molecule has 0 saturated carbocycles. The average Bonchev–Trinajstić information content (AvgIpc) is 2.69. The molecule has 0 unspecified atom stereocenters. The van der Waals surface area contributed by atoms with Gasteiger partial charge in [-0.3, -0.25) is 4.79 Å². The first kappa shape index (κ1) is 18.8. The number of benzene rings is 3. The second-order valence-corrected chi connectivity index (χ2v) is 6.57. The summed E-state index contributed by atoms with van der Waals surface area (Å²) >= 11 is 6.01. The van der Waals surface area contributed by atoms with Crippen molar-refractivity contribution in [2.45, 2.75) is 13.5 Å². The quantitative estimate of drug-likeness (QED) is 0.586. The molecular formula is C22H21ClN2O2. The summed E-state index contributed by atoms with van der Waals surface area (Å²) in [7, 11) is 0. The van der Waals surface area contributed by atoms with E-state index in [2.05, 4.69) is 10.6 Å². The van der Waals surface area contributed by atoms with Gasteiger partial charge in [0.05, 0.1) is 12.2 Å². The Kier molecular flexibility index (Phi) is 6.34. The van der Waals surface area contributed by atoms with E-state index in [0.717, 1.165) is 16.8 Å². The molecule has 3 aromatic carbocycles. The Morgan fingerprint density at radius 2 is 1.70 bits per heavy atom. The number of hydrogen-bond donors (Lipinski definition) is 2. The predicted molar refractivity (Wildman–Crippen MR) is 111 cm³/mol. The van der Waals surface area contributed by atoms with Crippen molar-refractivity contribution < 1.29 is 9.53 Å². The Morgan fingerprint density at radius 3 is 2.52 bits per heavy atom. The maximum absolute atomic E-state index is 12.3. The number of carbonyl (C=O) groups excluding carboxylic acids is 1. The summed E-state index contributed by atoms with van der Waals surface area (Å²) in [6, 6.07) is 22.8. The minimum Gasteiger partial charge on any atom is -0.487 e. The molecule has 0 aliphatic heterocycles. The van der Waals surface area contributed by atoms with E-state index < -0.39 is 0 Å². The molecule has 1 amide bonds. The first-order chi connectivity index (χ1) is 13.1. The van der Waals surface area contributed by atoms with Crippen LogP contribution < -0.4 is 15.4 Å². The number of aryl methyl sites for hydroxylation is 1. The summed E-state index contributed by atoms with van der Waals surface area (Å²) in [6.07, 6.45) is 0. The number of rotatable bonds is 7. The topological polar surface area (TPSA) is 50.4 Å². The summed E-state index contributed by atoms with van der Waals surface area (Å²) in [4.78, 5) is 12.3. The van der Waals surface area contributed by atoms with E-state index in [1.807, 2.05) is 73.7 Å². The average molecular weight is 381 g/mol. The minimum absolute atomic E-state index is 0.133. The highest BCUT2D eigenvalue weighted by molar-refractivity contribution is 6.30. The number of carbonyl (C=O) groups is 1. The zero-order valence-electron chi connectivity index (χ0n) is 15.0. The largest absolute Gasteiger partial charge is 0.487 e. The second-order valence-electron chi connectivity index (χ2n) is 6.13. The molecule has 27 heavy (non-hydrogen) atoms. The molecular weight excluding hydrogens is 360 g/mol. The van der Waals surface area contributed by atoms with Crippen molar-refractivity contribution in [3.05, 3.63) is 88.9 Å². The molecule has 5 heteroatoms. The lowest BCUT2D eigenvalue weighted by Gasteiger charge is -2.14. The van der Waals surface area contributed by atoms with Gasteiger partial charge < -0.3 is 15.4 Å². The van der Waals surface area contributed by atoms with E-state index in [-0.39, 0.29) is 12.5 Å². The number of halogens is 1. The third-order valence-corrected chi connectivity index (χ3v) is 4.27. The molecule has 0 spiro atoms. The molecule has 0 fully saturated rings. The molecule has 0 radical (unpaired) electrons. The van der Waals surface area contributed by atoms with Crippen molar-refractivity contribution in [2.24, 2.45) is 0 Å². The fraction of sp³-hybridized carbons (Fsp3) is 0.136. The van der Waals surface area contributed by atoms with Crippen LogP contribution >= 0.6 is 11.6 Å². The molecule has 0 atom stereocenters. The minimum atomic E-state index is -0.162. The van der Waals surface area contributed by atoms with Gasteiger partial charge in [0, 0.05) is 10.7 Å². The fourth-order valence-corrected chi connectivity index (χ4v) is 2.76. The summed E-state index contributed by atoms with van der Waals surface area (Å²) < 4.78 is 5.87. The van der Waals surface area contributed by atoms with E-state index >= 15 is 0 Å². The Labute approximate surface area is 164 Å². The van der Waals surface area contributed by atoms with Crippen molar-refractivity contribution in [1.29, 1.82) is 0 Å². The SMILES string of the molecule is Cc1ccc(Cl)cc1NCC(=O)Nc1ccccc1OCc1ccccc1. The Morgan fingerprint density at radius 1 is 0.963 bits per heavy atom. The van der Waals surface area contributed by atoms with Gasteiger partial charge in [-0.25, -0.2) is 0 Å². The van der Waals surface area contributed by atoms with E-state index in [1.54, 1.807) is 6.07 Å². The summed E-state index contributed by atoms with van der Waals surface area (Å²) in [5, 5.41) is 6.63. The number of hydrogen-bond acceptors (Lipinski definition) is 3. The molecule has 0 saturated heterocycles. The normalized spacial score (nSPS) is 10.3. The van der Waals surface area contributed by atoms with Gasteiger partial charge in [-0.1, -0.05) is 60.1 Å². The third-order valence-electron chi connectivity index (χ3n) is 4.04. The highest BCUT2D eigenvalue weighted by atomic mass is 35.5. The molecule has 138 valence electrons. The van der Waals surface area contributed by atoms with Gasteiger partial charge in [0.1, 0.15) is 12.4 Å². The van der Waals surface area contributed by atoms with Gasteiger partial charge in [-0.2, -0.15) is 0 Å². The van der Waals surface area contributed by atoms with E-state index in [1.165, 1.54) is 0 Å². The molecule has 0 heterocycles. The van der Waals surface area contributed by atoms with Crippen LogP contribution in [-0.4, -0.2) is 12.5 Å². The third kappa shape index (κ3) is 5.50.